The fourth-order valence-electron chi connectivity index (χ4n) is 5.45. The van der Waals surface area contributed by atoms with Gasteiger partial charge in [-0.15, -0.1) is 0 Å². The van der Waals surface area contributed by atoms with Gasteiger partial charge in [0, 0.05) is 5.69 Å². The predicted molar refractivity (Wildman–Crippen MR) is 107 cm³/mol. The predicted octanol–water partition coefficient (Wildman–Crippen LogP) is 1.88. The number of benzene rings is 2. The standard InChI is InChI=1S/C22H18N4O3/c1-11-7-8-14-12(9-11)18(28)26-16-10-22(21(2,19(26)23-14)25-17(16)27)13-5-3-4-6-15(13)24-20(22)29/h3-9,16H,10H2,1-2H3,(H,24,29)(H,25,27)/t16-,21?,22?/m0/s1. The molecule has 2 aromatic carbocycles. The number of nitrogens with one attached hydrogen (secondary N) is 2. The molecule has 1 fully saturated rings. The minimum absolute atomic E-state index is 0.171. The molecule has 2 N–H and O–H groups in total. The number of hydrogen-bond acceptors (Lipinski definition) is 4. The number of amides is 2. The molecule has 144 valence electrons. The lowest BCUT2D eigenvalue weighted by molar-refractivity contribution is -0.142. The van der Waals surface area contributed by atoms with E-state index in [9.17, 15) is 14.4 Å². The molecule has 4 aliphatic rings. The number of aromatic nitrogens is 2. The summed E-state index contributed by atoms with van der Waals surface area (Å²) in [5.41, 5.74) is 0.702. The van der Waals surface area contributed by atoms with Crippen LogP contribution in [-0.2, 0) is 20.5 Å². The molecule has 3 atom stereocenters. The van der Waals surface area contributed by atoms with E-state index in [1.54, 1.807) is 13.0 Å². The van der Waals surface area contributed by atoms with E-state index in [2.05, 4.69) is 10.6 Å². The van der Waals surface area contributed by atoms with Crippen molar-refractivity contribution in [2.45, 2.75) is 37.3 Å². The average Bonchev–Trinajstić information content (AvgIpc) is 2.97. The highest BCUT2D eigenvalue weighted by Crippen LogP contribution is 2.58. The number of fused-ring (bicyclic) bond motifs is 3. The maximum absolute atomic E-state index is 13.4. The van der Waals surface area contributed by atoms with Crippen LogP contribution in [0.4, 0.5) is 5.69 Å². The highest BCUT2D eigenvalue weighted by atomic mass is 16.2. The third-order valence-corrected chi connectivity index (χ3v) is 6.87. The number of carbonyl (C=O) groups is 2. The molecule has 0 aliphatic carbocycles. The van der Waals surface area contributed by atoms with Gasteiger partial charge in [0.25, 0.3) is 5.56 Å². The van der Waals surface area contributed by atoms with E-state index in [-0.39, 0.29) is 23.8 Å². The van der Waals surface area contributed by atoms with Crippen LogP contribution in [0.1, 0.15) is 36.3 Å². The van der Waals surface area contributed by atoms with Crippen molar-refractivity contribution in [1.82, 2.24) is 14.9 Å². The number of hydrogen-bond donors (Lipinski definition) is 2. The summed E-state index contributed by atoms with van der Waals surface area (Å²) in [6, 6.07) is 12.3. The lowest BCUT2D eigenvalue weighted by Gasteiger charge is -2.55. The first-order chi connectivity index (χ1) is 13.9. The molecule has 1 spiro atoms. The van der Waals surface area contributed by atoms with Crippen molar-refractivity contribution in [3.63, 3.8) is 0 Å². The fourth-order valence-corrected chi connectivity index (χ4v) is 5.45. The molecule has 1 aromatic heterocycles. The number of aryl methyl sites for hydroxylation is 1. The number of carbonyl (C=O) groups excluding carboxylic acids is 2. The summed E-state index contributed by atoms with van der Waals surface area (Å²) < 4.78 is 1.50. The Hall–Kier alpha value is -3.48. The van der Waals surface area contributed by atoms with Crippen LogP contribution in [0.15, 0.2) is 47.3 Å². The molecule has 3 aromatic rings. The molecule has 0 saturated carbocycles. The minimum atomic E-state index is -1.15. The zero-order chi connectivity index (χ0) is 20.1. The average molecular weight is 386 g/mol. The van der Waals surface area contributed by atoms with Gasteiger partial charge in [-0.25, -0.2) is 4.98 Å². The Morgan fingerprint density at radius 3 is 2.76 bits per heavy atom. The molecule has 29 heavy (non-hydrogen) atoms. The first-order valence-corrected chi connectivity index (χ1v) is 9.63. The summed E-state index contributed by atoms with van der Waals surface area (Å²) >= 11 is 0. The second-order valence-corrected chi connectivity index (χ2v) is 8.37. The number of anilines is 1. The lowest BCUT2D eigenvalue weighted by atomic mass is 9.58. The van der Waals surface area contributed by atoms with Crippen molar-refractivity contribution >= 4 is 28.4 Å². The first kappa shape index (κ1) is 16.5. The molecule has 4 aliphatic heterocycles. The first-order valence-electron chi connectivity index (χ1n) is 9.63. The minimum Gasteiger partial charge on any atom is -0.340 e. The van der Waals surface area contributed by atoms with Crippen molar-refractivity contribution in [3.05, 3.63) is 69.8 Å². The van der Waals surface area contributed by atoms with Gasteiger partial charge in [-0.1, -0.05) is 29.8 Å². The monoisotopic (exact) mass is 386 g/mol. The quantitative estimate of drug-likeness (QED) is 0.617. The number of piperidine rings is 1. The summed E-state index contributed by atoms with van der Waals surface area (Å²) in [5.74, 6) is 0.0102. The zero-order valence-electron chi connectivity index (χ0n) is 15.9. The molecule has 7 nitrogen and oxygen atoms in total. The van der Waals surface area contributed by atoms with E-state index in [0.717, 1.165) is 16.8 Å². The molecule has 5 heterocycles. The molecule has 2 amide bonds. The van der Waals surface area contributed by atoms with E-state index in [4.69, 9.17) is 4.98 Å². The van der Waals surface area contributed by atoms with E-state index < -0.39 is 17.0 Å². The van der Waals surface area contributed by atoms with Gasteiger partial charge in [0.1, 0.15) is 22.8 Å². The zero-order valence-corrected chi connectivity index (χ0v) is 15.9. The normalized spacial score (nSPS) is 29.0. The van der Waals surface area contributed by atoms with Gasteiger partial charge in [0.15, 0.2) is 0 Å². The summed E-state index contributed by atoms with van der Waals surface area (Å²) in [6.45, 7) is 3.72. The summed E-state index contributed by atoms with van der Waals surface area (Å²) in [7, 11) is 0. The van der Waals surface area contributed by atoms with Crippen LogP contribution in [0.5, 0.6) is 0 Å². The molecular weight excluding hydrogens is 368 g/mol. The summed E-state index contributed by atoms with van der Waals surface area (Å²) in [6.07, 6.45) is 0.226. The van der Waals surface area contributed by atoms with Crippen molar-refractivity contribution in [1.29, 1.82) is 0 Å². The van der Waals surface area contributed by atoms with E-state index in [1.807, 2.05) is 43.3 Å². The van der Waals surface area contributed by atoms with Crippen LogP contribution < -0.4 is 16.2 Å². The molecule has 7 rings (SSSR count). The van der Waals surface area contributed by atoms with Crippen molar-refractivity contribution in [2.24, 2.45) is 0 Å². The van der Waals surface area contributed by atoms with E-state index in [1.165, 1.54) is 4.57 Å². The number of para-hydroxylation sites is 1. The SMILES string of the molecule is Cc1ccc2nc3n(c(=O)c2c1)[C@H]1CC2(C(=O)Nc4ccccc42)C3(C)NC1=O. The van der Waals surface area contributed by atoms with Crippen molar-refractivity contribution in [3.8, 4) is 0 Å². The smallest absolute Gasteiger partial charge is 0.262 e. The highest BCUT2D eigenvalue weighted by Gasteiger charge is 2.69. The van der Waals surface area contributed by atoms with E-state index >= 15 is 0 Å². The van der Waals surface area contributed by atoms with Crippen molar-refractivity contribution in [2.75, 3.05) is 5.32 Å². The summed E-state index contributed by atoms with van der Waals surface area (Å²) in [5, 5.41) is 6.49. The van der Waals surface area contributed by atoms with Gasteiger partial charge in [0.05, 0.1) is 10.9 Å². The van der Waals surface area contributed by atoms with Crippen LogP contribution in [-0.4, -0.2) is 21.4 Å². The van der Waals surface area contributed by atoms with Gasteiger partial charge in [0.2, 0.25) is 11.8 Å². The third-order valence-electron chi connectivity index (χ3n) is 6.87. The molecule has 7 heteroatoms. The lowest BCUT2D eigenvalue weighted by Crippen LogP contribution is -2.72. The second kappa shape index (κ2) is 4.92. The summed E-state index contributed by atoms with van der Waals surface area (Å²) in [4.78, 5) is 44.4. The molecule has 2 unspecified atom stereocenters. The molecule has 1 saturated heterocycles. The van der Waals surface area contributed by atoms with Gasteiger partial charge in [-0.3, -0.25) is 19.0 Å². The maximum Gasteiger partial charge on any atom is 0.262 e. The Kier molecular flexibility index (Phi) is 2.79. The largest absolute Gasteiger partial charge is 0.340 e. The molecule has 2 bridgehead atoms. The van der Waals surface area contributed by atoms with Crippen LogP contribution in [0.2, 0.25) is 0 Å². The Labute approximate surface area is 165 Å². The van der Waals surface area contributed by atoms with Crippen LogP contribution in [0.3, 0.4) is 0 Å². The van der Waals surface area contributed by atoms with Gasteiger partial charge >= 0.3 is 0 Å². The highest BCUT2D eigenvalue weighted by molar-refractivity contribution is 6.09. The Balaban J connectivity index is 1.73. The van der Waals surface area contributed by atoms with Crippen molar-refractivity contribution < 1.29 is 9.59 Å². The Bertz CT molecular complexity index is 1340. The van der Waals surface area contributed by atoms with Gasteiger partial charge in [-0.2, -0.15) is 0 Å². The molecular formula is C22H18N4O3. The Morgan fingerprint density at radius 2 is 1.93 bits per heavy atom. The van der Waals surface area contributed by atoms with Gasteiger partial charge < -0.3 is 10.6 Å². The second-order valence-electron chi connectivity index (χ2n) is 8.37. The molecule has 0 radical (unpaired) electrons. The Morgan fingerprint density at radius 1 is 1.14 bits per heavy atom. The third kappa shape index (κ3) is 1.70. The topological polar surface area (TPSA) is 93.1 Å². The van der Waals surface area contributed by atoms with Gasteiger partial charge in [-0.05, 0) is 44.0 Å². The van der Waals surface area contributed by atoms with E-state index in [0.29, 0.717) is 16.7 Å². The van der Waals surface area contributed by atoms with Crippen LogP contribution in [0.25, 0.3) is 10.9 Å². The van der Waals surface area contributed by atoms with Crippen LogP contribution >= 0.6 is 0 Å². The van der Waals surface area contributed by atoms with Crippen LogP contribution in [0, 0.1) is 6.92 Å². The maximum atomic E-state index is 13.4. The number of nitrogens with zero attached hydrogens (tertiary/aromatic N) is 2. The number of rotatable bonds is 0. The fraction of sp³-hybridized carbons (Fsp3) is 0.273.